The summed E-state index contributed by atoms with van der Waals surface area (Å²) >= 11 is 0. The lowest BCUT2D eigenvalue weighted by atomic mass is 10.0. The van der Waals surface area contributed by atoms with Crippen molar-refractivity contribution in [3.8, 4) is 5.75 Å². The Hall–Kier alpha value is -2.61. The summed E-state index contributed by atoms with van der Waals surface area (Å²) in [7, 11) is 1.41. The number of hydrogen-bond acceptors (Lipinski definition) is 5. The van der Waals surface area contributed by atoms with E-state index in [4.69, 9.17) is 15.6 Å². The van der Waals surface area contributed by atoms with E-state index in [2.05, 4.69) is 4.98 Å². The number of aromatic nitrogens is 1. The first-order chi connectivity index (χ1) is 9.43. The number of nitro groups is 1. The third-order valence-electron chi connectivity index (χ3n) is 3.00. The van der Waals surface area contributed by atoms with Crippen molar-refractivity contribution >= 4 is 22.6 Å². The normalized spacial score (nSPS) is 12.3. The first-order valence-electron chi connectivity index (χ1n) is 5.74. The van der Waals surface area contributed by atoms with Crippen molar-refractivity contribution in [1.29, 1.82) is 0 Å². The highest BCUT2D eigenvalue weighted by atomic mass is 16.6. The molecule has 0 fully saturated rings. The molecule has 1 unspecified atom stereocenters. The molecule has 4 N–H and O–H groups in total. The van der Waals surface area contributed by atoms with Crippen molar-refractivity contribution in [2.45, 2.75) is 12.5 Å². The second-order valence-electron chi connectivity index (χ2n) is 4.29. The second-order valence-corrected chi connectivity index (χ2v) is 4.29. The SMILES string of the molecule is COc1cc([N+](=O)[O-])c2c(CC(N)C(=O)O)c[nH]c2c1. The molecular weight excluding hydrogens is 266 g/mol. The summed E-state index contributed by atoms with van der Waals surface area (Å²) in [6.07, 6.45) is 1.53. The number of aliphatic carboxylic acids is 1. The number of non-ortho nitro benzene ring substituents is 1. The molecule has 1 atom stereocenters. The Morgan fingerprint density at radius 2 is 2.30 bits per heavy atom. The van der Waals surface area contributed by atoms with E-state index in [1.807, 2.05) is 0 Å². The standard InChI is InChI=1S/C12H13N3O5/c1-20-7-3-9-11(10(4-7)15(18)19)6(5-14-9)2-8(13)12(16)17/h3-5,8,14H,2,13H2,1H3,(H,16,17). The van der Waals surface area contributed by atoms with Crippen molar-refractivity contribution in [3.05, 3.63) is 34.0 Å². The maximum atomic E-state index is 11.1. The number of nitro benzene ring substituents is 1. The second kappa shape index (κ2) is 5.17. The van der Waals surface area contributed by atoms with Gasteiger partial charge in [0.1, 0.15) is 11.8 Å². The van der Waals surface area contributed by atoms with Gasteiger partial charge >= 0.3 is 5.97 Å². The fourth-order valence-corrected chi connectivity index (χ4v) is 2.04. The molecule has 0 spiro atoms. The van der Waals surface area contributed by atoms with Crippen LogP contribution in [0.2, 0.25) is 0 Å². The van der Waals surface area contributed by atoms with Crippen LogP contribution in [0.1, 0.15) is 5.56 Å². The number of fused-ring (bicyclic) bond motifs is 1. The number of nitrogens with two attached hydrogens (primary N) is 1. The van der Waals surface area contributed by atoms with E-state index >= 15 is 0 Å². The fraction of sp³-hybridized carbons (Fsp3) is 0.250. The first kappa shape index (κ1) is 13.8. The monoisotopic (exact) mass is 279 g/mol. The van der Waals surface area contributed by atoms with Crippen LogP contribution >= 0.6 is 0 Å². The van der Waals surface area contributed by atoms with Gasteiger partial charge < -0.3 is 20.6 Å². The average molecular weight is 279 g/mol. The zero-order chi connectivity index (χ0) is 14.9. The number of hydrogen-bond donors (Lipinski definition) is 3. The quantitative estimate of drug-likeness (QED) is 0.553. The molecule has 0 aliphatic carbocycles. The number of benzene rings is 1. The van der Waals surface area contributed by atoms with E-state index in [0.717, 1.165) is 0 Å². The van der Waals surface area contributed by atoms with Gasteiger partial charge in [-0.3, -0.25) is 14.9 Å². The number of carboxylic acids is 1. The van der Waals surface area contributed by atoms with Crippen molar-refractivity contribution in [3.63, 3.8) is 0 Å². The lowest BCUT2D eigenvalue weighted by Crippen LogP contribution is -2.32. The predicted octanol–water partition coefficient (Wildman–Crippen LogP) is 1.04. The van der Waals surface area contributed by atoms with Gasteiger partial charge in [-0.15, -0.1) is 0 Å². The van der Waals surface area contributed by atoms with Crippen LogP contribution in [0.3, 0.4) is 0 Å². The summed E-state index contributed by atoms with van der Waals surface area (Å²) < 4.78 is 5.00. The molecular formula is C12H13N3O5. The van der Waals surface area contributed by atoms with Crippen molar-refractivity contribution in [2.75, 3.05) is 7.11 Å². The van der Waals surface area contributed by atoms with Gasteiger partial charge in [0.15, 0.2) is 0 Å². The Labute approximate surface area is 113 Å². The molecule has 1 aromatic heterocycles. The Morgan fingerprint density at radius 3 is 2.85 bits per heavy atom. The van der Waals surface area contributed by atoms with E-state index in [0.29, 0.717) is 22.2 Å². The van der Waals surface area contributed by atoms with Gasteiger partial charge in [-0.25, -0.2) is 0 Å². The van der Waals surface area contributed by atoms with Gasteiger partial charge in [-0.05, 0) is 5.56 Å². The summed E-state index contributed by atoms with van der Waals surface area (Å²) in [6.45, 7) is 0. The summed E-state index contributed by atoms with van der Waals surface area (Å²) in [4.78, 5) is 24.3. The van der Waals surface area contributed by atoms with Crippen molar-refractivity contribution in [1.82, 2.24) is 4.98 Å². The number of aromatic amines is 1. The number of methoxy groups -OCH3 is 1. The topological polar surface area (TPSA) is 131 Å². The Morgan fingerprint density at radius 1 is 1.60 bits per heavy atom. The highest BCUT2D eigenvalue weighted by Gasteiger charge is 2.22. The molecule has 0 aliphatic rings. The molecule has 106 valence electrons. The van der Waals surface area contributed by atoms with Crippen LogP contribution in [0.5, 0.6) is 5.75 Å². The van der Waals surface area contributed by atoms with Crippen molar-refractivity contribution in [2.24, 2.45) is 5.73 Å². The smallest absolute Gasteiger partial charge is 0.320 e. The number of rotatable bonds is 5. The average Bonchev–Trinajstić information content (AvgIpc) is 2.80. The van der Waals surface area contributed by atoms with Gasteiger partial charge in [0.2, 0.25) is 0 Å². The maximum absolute atomic E-state index is 11.1. The minimum absolute atomic E-state index is 0.00248. The fourth-order valence-electron chi connectivity index (χ4n) is 2.04. The molecule has 0 amide bonds. The molecule has 0 radical (unpaired) electrons. The van der Waals surface area contributed by atoms with E-state index < -0.39 is 16.9 Å². The Kier molecular flexibility index (Phi) is 3.57. The Balaban J connectivity index is 2.58. The highest BCUT2D eigenvalue weighted by molar-refractivity contribution is 5.93. The van der Waals surface area contributed by atoms with Crippen LogP contribution in [0, 0.1) is 10.1 Å². The zero-order valence-corrected chi connectivity index (χ0v) is 10.6. The molecule has 0 bridgehead atoms. The largest absolute Gasteiger partial charge is 0.496 e. The maximum Gasteiger partial charge on any atom is 0.320 e. The summed E-state index contributed by atoms with van der Waals surface area (Å²) in [5.74, 6) is -0.810. The van der Waals surface area contributed by atoms with Gasteiger partial charge in [-0.2, -0.15) is 0 Å². The van der Waals surface area contributed by atoms with E-state index in [1.54, 1.807) is 6.07 Å². The van der Waals surface area contributed by atoms with E-state index in [-0.39, 0.29) is 12.1 Å². The van der Waals surface area contributed by atoms with Crippen molar-refractivity contribution < 1.29 is 19.6 Å². The van der Waals surface area contributed by atoms with Crippen LogP contribution in [-0.2, 0) is 11.2 Å². The first-order valence-corrected chi connectivity index (χ1v) is 5.74. The van der Waals surface area contributed by atoms with E-state index in [1.165, 1.54) is 19.4 Å². The molecule has 0 aliphatic heterocycles. The molecule has 8 heteroatoms. The Bertz CT molecular complexity index is 679. The summed E-state index contributed by atoms with van der Waals surface area (Å²) in [6, 6.07) is 1.79. The van der Waals surface area contributed by atoms with Gasteiger partial charge in [0.25, 0.3) is 5.69 Å². The number of nitrogens with zero attached hydrogens (tertiary/aromatic N) is 1. The summed E-state index contributed by atoms with van der Waals surface area (Å²) in [5, 5.41) is 20.3. The molecule has 1 heterocycles. The lowest BCUT2D eigenvalue weighted by Gasteiger charge is -2.06. The number of nitrogens with one attached hydrogen (secondary N) is 1. The van der Waals surface area contributed by atoms with Gasteiger partial charge in [0.05, 0.1) is 29.0 Å². The molecule has 0 saturated carbocycles. The zero-order valence-electron chi connectivity index (χ0n) is 10.6. The van der Waals surface area contributed by atoms with Crippen LogP contribution in [0.15, 0.2) is 18.3 Å². The number of H-pyrrole nitrogens is 1. The minimum Gasteiger partial charge on any atom is -0.496 e. The van der Waals surface area contributed by atoms with Gasteiger partial charge in [-0.1, -0.05) is 0 Å². The number of carbonyl (C=O) groups is 1. The molecule has 2 rings (SSSR count). The molecule has 0 saturated heterocycles. The molecule has 1 aromatic carbocycles. The third kappa shape index (κ3) is 2.41. The minimum atomic E-state index is -1.16. The number of ether oxygens (including phenoxy) is 1. The number of carboxylic acid groups (broad SMARTS) is 1. The summed E-state index contributed by atoms with van der Waals surface area (Å²) in [5.41, 5.74) is 6.32. The predicted molar refractivity (Wildman–Crippen MR) is 70.8 cm³/mol. The van der Waals surface area contributed by atoms with Crippen LogP contribution in [-0.4, -0.2) is 34.1 Å². The van der Waals surface area contributed by atoms with Crippen LogP contribution in [0.4, 0.5) is 5.69 Å². The van der Waals surface area contributed by atoms with E-state index in [9.17, 15) is 14.9 Å². The van der Waals surface area contributed by atoms with Crippen LogP contribution < -0.4 is 10.5 Å². The van der Waals surface area contributed by atoms with Gasteiger partial charge in [0, 0.05) is 18.7 Å². The highest BCUT2D eigenvalue weighted by Crippen LogP contribution is 2.33. The molecule has 2 aromatic rings. The van der Waals surface area contributed by atoms with Crippen LogP contribution in [0.25, 0.3) is 10.9 Å². The molecule has 20 heavy (non-hydrogen) atoms. The molecule has 8 nitrogen and oxygen atoms in total. The lowest BCUT2D eigenvalue weighted by molar-refractivity contribution is -0.383. The third-order valence-corrected chi connectivity index (χ3v) is 3.00.